The second-order valence-electron chi connectivity index (χ2n) is 11.0. The molecule has 2 bridgehead atoms. The lowest BCUT2D eigenvalue weighted by atomic mass is 9.55. The minimum Gasteiger partial charge on any atom is -0.454 e. The number of anilines is 1. The number of hydrogen-bond acceptors (Lipinski definition) is 5. The molecule has 39 heavy (non-hydrogen) atoms. The normalized spacial score (nSPS) is 23.2. The van der Waals surface area contributed by atoms with Crippen molar-refractivity contribution in [2.75, 3.05) is 11.9 Å². The molecular weight excluding hydrogens is 492 g/mol. The van der Waals surface area contributed by atoms with Crippen LogP contribution in [0.5, 0.6) is 0 Å². The van der Waals surface area contributed by atoms with E-state index in [9.17, 15) is 19.2 Å². The lowest BCUT2D eigenvalue weighted by Gasteiger charge is -2.45. The quantitative estimate of drug-likeness (QED) is 0.383. The minimum absolute atomic E-state index is 0.252. The minimum atomic E-state index is -1.12. The van der Waals surface area contributed by atoms with Gasteiger partial charge in [0.15, 0.2) is 6.61 Å². The van der Waals surface area contributed by atoms with E-state index in [1.807, 2.05) is 67.6 Å². The van der Waals surface area contributed by atoms with Gasteiger partial charge in [-0.05, 0) is 47.2 Å². The summed E-state index contributed by atoms with van der Waals surface area (Å²) in [6.45, 7) is 4.98. The van der Waals surface area contributed by atoms with Crippen LogP contribution in [0.25, 0.3) is 0 Å². The van der Waals surface area contributed by atoms with Gasteiger partial charge in [0, 0.05) is 17.5 Å². The van der Waals surface area contributed by atoms with E-state index in [0.29, 0.717) is 5.69 Å². The molecule has 0 unspecified atom stereocenters. The SMILES string of the molecule is Cc1ccc(NC(=O)COC(=O)[C@H](C(C)C)N2C(=O)[C@H]3C4c5ccccc5C(c5ccccc54)[C@@H]3C2=O)cc1. The summed E-state index contributed by atoms with van der Waals surface area (Å²) >= 11 is 0. The number of rotatable bonds is 6. The summed E-state index contributed by atoms with van der Waals surface area (Å²) in [6.07, 6.45) is 0. The second-order valence-corrected chi connectivity index (χ2v) is 11.0. The third kappa shape index (κ3) is 3.95. The Bertz CT molecular complexity index is 1380. The van der Waals surface area contributed by atoms with Crippen LogP contribution in [-0.4, -0.2) is 41.2 Å². The van der Waals surface area contributed by atoms with Crippen LogP contribution >= 0.6 is 0 Å². The number of carbonyl (C=O) groups is 4. The van der Waals surface area contributed by atoms with E-state index in [1.54, 1.807) is 26.0 Å². The van der Waals surface area contributed by atoms with Crippen LogP contribution in [0.15, 0.2) is 72.8 Å². The number of nitrogens with zero attached hydrogens (tertiary/aromatic N) is 1. The second kappa shape index (κ2) is 9.49. The van der Waals surface area contributed by atoms with Crippen LogP contribution in [0.3, 0.4) is 0 Å². The van der Waals surface area contributed by atoms with Crippen LogP contribution in [-0.2, 0) is 23.9 Å². The summed E-state index contributed by atoms with van der Waals surface area (Å²) in [4.78, 5) is 55.0. The lowest BCUT2D eigenvalue weighted by Crippen LogP contribution is -2.49. The molecule has 7 heteroatoms. The average Bonchev–Trinajstić information content (AvgIpc) is 3.19. The maximum absolute atomic E-state index is 14.0. The number of amides is 3. The fraction of sp³-hybridized carbons (Fsp3) is 0.312. The Labute approximate surface area is 227 Å². The van der Waals surface area contributed by atoms with Crippen LogP contribution in [0.1, 0.15) is 53.5 Å². The molecule has 1 fully saturated rings. The van der Waals surface area contributed by atoms with Gasteiger partial charge >= 0.3 is 5.97 Å². The van der Waals surface area contributed by atoms with Crippen molar-refractivity contribution in [1.29, 1.82) is 0 Å². The molecular formula is C32H30N2O5. The molecule has 3 atom stereocenters. The molecule has 3 amide bonds. The molecule has 0 radical (unpaired) electrons. The first-order valence-electron chi connectivity index (χ1n) is 13.4. The maximum atomic E-state index is 14.0. The molecule has 0 spiro atoms. The Morgan fingerprint density at radius 2 is 1.26 bits per heavy atom. The standard InChI is InChI=1S/C32H30N2O5/c1-17(2)29(32(38)39-16-24(35)33-19-14-12-18(3)13-15-19)34-30(36)27-25-20-8-4-5-9-21(20)26(28(27)31(34)37)23-11-7-6-10-22(23)25/h4-15,17,25-29H,16H2,1-3H3,(H,33,35)/t25?,26?,27-,28-,29-/m0/s1. The van der Waals surface area contributed by atoms with Crippen molar-refractivity contribution in [2.24, 2.45) is 17.8 Å². The number of aryl methyl sites for hydroxylation is 1. The zero-order chi connectivity index (χ0) is 27.4. The molecule has 7 rings (SSSR count). The Morgan fingerprint density at radius 3 is 1.69 bits per heavy atom. The highest BCUT2D eigenvalue weighted by Crippen LogP contribution is 2.61. The number of nitrogens with one attached hydrogen (secondary N) is 1. The van der Waals surface area contributed by atoms with Crippen molar-refractivity contribution in [3.05, 3.63) is 101 Å². The summed E-state index contributed by atoms with van der Waals surface area (Å²) in [6, 6.07) is 22.2. The number of imide groups is 1. The van der Waals surface area contributed by atoms with Gasteiger partial charge in [0.1, 0.15) is 6.04 Å². The fourth-order valence-electron chi connectivity index (χ4n) is 6.71. The van der Waals surface area contributed by atoms with Crippen molar-refractivity contribution >= 4 is 29.4 Å². The lowest BCUT2D eigenvalue weighted by molar-refractivity contribution is -0.162. The van der Waals surface area contributed by atoms with Gasteiger partial charge in [-0.15, -0.1) is 0 Å². The van der Waals surface area contributed by atoms with E-state index in [4.69, 9.17) is 4.74 Å². The number of esters is 1. The smallest absolute Gasteiger partial charge is 0.330 e. The summed E-state index contributed by atoms with van der Waals surface area (Å²) < 4.78 is 5.38. The number of likely N-dealkylation sites (tertiary alicyclic amines) is 1. The van der Waals surface area contributed by atoms with Crippen molar-refractivity contribution in [1.82, 2.24) is 4.90 Å². The summed E-state index contributed by atoms with van der Waals surface area (Å²) in [5.74, 6) is -3.99. The Morgan fingerprint density at radius 1 is 0.795 bits per heavy atom. The third-order valence-electron chi connectivity index (χ3n) is 8.31. The van der Waals surface area contributed by atoms with Crippen LogP contribution in [0.2, 0.25) is 0 Å². The zero-order valence-corrected chi connectivity index (χ0v) is 22.1. The predicted octanol–water partition coefficient (Wildman–Crippen LogP) is 4.39. The molecule has 198 valence electrons. The molecule has 7 nitrogen and oxygen atoms in total. The zero-order valence-electron chi connectivity index (χ0n) is 22.1. The van der Waals surface area contributed by atoms with Crippen LogP contribution < -0.4 is 5.32 Å². The van der Waals surface area contributed by atoms with Gasteiger partial charge in [-0.25, -0.2) is 4.79 Å². The molecule has 3 aromatic rings. The van der Waals surface area contributed by atoms with Crippen LogP contribution in [0, 0.1) is 24.7 Å². The maximum Gasteiger partial charge on any atom is 0.330 e. The van der Waals surface area contributed by atoms with E-state index in [0.717, 1.165) is 32.7 Å². The van der Waals surface area contributed by atoms with Gasteiger partial charge in [0.2, 0.25) is 11.8 Å². The molecule has 3 aromatic carbocycles. The Hall–Kier alpha value is -4.26. The van der Waals surface area contributed by atoms with E-state index in [-0.39, 0.29) is 23.7 Å². The average molecular weight is 523 g/mol. The van der Waals surface area contributed by atoms with Crippen molar-refractivity contribution < 1.29 is 23.9 Å². The highest BCUT2D eigenvalue weighted by atomic mass is 16.5. The molecule has 1 heterocycles. The van der Waals surface area contributed by atoms with Gasteiger partial charge in [-0.1, -0.05) is 80.1 Å². The first-order chi connectivity index (χ1) is 18.8. The van der Waals surface area contributed by atoms with E-state index < -0.39 is 42.3 Å². The topological polar surface area (TPSA) is 92.8 Å². The molecule has 1 saturated heterocycles. The van der Waals surface area contributed by atoms with Crippen molar-refractivity contribution in [3.8, 4) is 0 Å². The highest BCUT2D eigenvalue weighted by Gasteiger charge is 2.63. The molecule has 4 aliphatic rings. The van der Waals surface area contributed by atoms with E-state index in [2.05, 4.69) is 5.32 Å². The summed E-state index contributed by atoms with van der Waals surface area (Å²) in [7, 11) is 0. The molecule has 0 aromatic heterocycles. The first-order valence-corrected chi connectivity index (χ1v) is 13.4. The largest absolute Gasteiger partial charge is 0.454 e. The highest BCUT2D eigenvalue weighted by molar-refractivity contribution is 6.10. The van der Waals surface area contributed by atoms with Gasteiger partial charge in [0.05, 0.1) is 11.8 Å². The van der Waals surface area contributed by atoms with Gasteiger partial charge < -0.3 is 10.1 Å². The van der Waals surface area contributed by atoms with Crippen LogP contribution in [0.4, 0.5) is 5.69 Å². The number of carbonyl (C=O) groups excluding carboxylic acids is 4. The summed E-state index contributed by atoms with van der Waals surface area (Å²) in [5, 5.41) is 2.70. The predicted molar refractivity (Wildman–Crippen MR) is 145 cm³/mol. The molecule has 1 N–H and O–H groups in total. The van der Waals surface area contributed by atoms with Gasteiger partial charge in [0.25, 0.3) is 5.91 Å². The fourth-order valence-corrected chi connectivity index (χ4v) is 6.71. The van der Waals surface area contributed by atoms with E-state index >= 15 is 0 Å². The monoisotopic (exact) mass is 522 g/mol. The van der Waals surface area contributed by atoms with Gasteiger partial charge in [-0.3, -0.25) is 19.3 Å². The Balaban J connectivity index is 1.26. The molecule has 3 aliphatic carbocycles. The van der Waals surface area contributed by atoms with Gasteiger partial charge in [-0.2, -0.15) is 0 Å². The van der Waals surface area contributed by atoms with Crippen molar-refractivity contribution in [2.45, 2.75) is 38.6 Å². The summed E-state index contributed by atoms with van der Waals surface area (Å²) in [5.41, 5.74) is 5.93. The number of benzene rings is 3. The first kappa shape index (κ1) is 25.0. The van der Waals surface area contributed by atoms with E-state index in [1.165, 1.54) is 0 Å². The molecule has 1 aliphatic heterocycles. The third-order valence-corrected chi connectivity index (χ3v) is 8.31. The van der Waals surface area contributed by atoms with Crippen molar-refractivity contribution in [3.63, 3.8) is 0 Å². The number of ether oxygens (including phenoxy) is 1. The number of hydrogen-bond donors (Lipinski definition) is 1. The molecule has 0 saturated carbocycles. The Kier molecular flexibility index (Phi) is 6.09.